The molecule has 1 atom stereocenters. The van der Waals surface area contributed by atoms with Gasteiger partial charge in [0, 0.05) is 11.6 Å². The molecule has 2 aromatic heterocycles. The summed E-state index contributed by atoms with van der Waals surface area (Å²) in [5, 5.41) is 5.50. The van der Waals surface area contributed by atoms with E-state index < -0.39 is 0 Å². The second-order valence-electron chi connectivity index (χ2n) is 3.50. The van der Waals surface area contributed by atoms with Crippen LogP contribution in [0.25, 0.3) is 0 Å². The highest BCUT2D eigenvalue weighted by Gasteiger charge is 2.14. The molecular formula is C10H12N6OS. The Hall–Kier alpha value is -2.06. The SMILES string of the molecule is CC(NC(=O)c1cnc(NN)cn1)c1nccs1. The summed E-state index contributed by atoms with van der Waals surface area (Å²) in [5.74, 6) is 5.27. The minimum Gasteiger partial charge on any atom is -0.342 e. The van der Waals surface area contributed by atoms with Gasteiger partial charge in [-0.1, -0.05) is 0 Å². The van der Waals surface area contributed by atoms with Gasteiger partial charge in [0.25, 0.3) is 5.91 Å². The molecule has 2 aromatic rings. The number of carbonyl (C=O) groups excluding carboxylic acids is 1. The lowest BCUT2D eigenvalue weighted by atomic mass is 10.3. The number of hydrogen-bond donors (Lipinski definition) is 3. The van der Waals surface area contributed by atoms with Crippen molar-refractivity contribution in [2.45, 2.75) is 13.0 Å². The number of thiazole rings is 1. The van der Waals surface area contributed by atoms with Gasteiger partial charge >= 0.3 is 0 Å². The van der Waals surface area contributed by atoms with Crippen molar-refractivity contribution in [3.63, 3.8) is 0 Å². The van der Waals surface area contributed by atoms with Gasteiger partial charge in [-0.05, 0) is 6.92 Å². The maximum atomic E-state index is 11.9. The molecule has 0 aliphatic carbocycles. The zero-order valence-electron chi connectivity index (χ0n) is 9.62. The number of nitrogens with zero attached hydrogens (tertiary/aromatic N) is 3. The average molecular weight is 264 g/mol. The lowest BCUT2D eigenvalue weighted by molar-refractivity contribution is 0.0934. The Morgan fingerprint density at radius 1 is 1.39 bits per heavy atom. The van der Waals surface area contributed by atoms with Crippen LogP contribution in [-0.4, -0.2) is 20.9 Å². The lowest BCUT2D eigenvalue weighted by Crippen LogP contribution is -2.27. The van der Waals surface area contributed by atoms with Crippen LogP contribution in [0.4, 0.5) is 5.82 Å². The molecule has 94 valence electrons. The Bertz CT molecular complexity index is 512. The minimum absolute atomic E-state index is 0.161. The van der Waals surface area contributed by atoms with Gasteiger partial charge in [-0.3, -0.25) is 4.79 Å². The van der Waals surface area contributed by atoms with Crippen LogP contribution >= 0.6 is 11.3 Å². The summed E-state index contributed by atoms with van der Waals surface area (Å²) in [6, 6.07) is -0.161. The fourth-order valence-corrected chi connectivity index (χ4v) is 1.95. The Morgan fingerprint density at radius 2 is 2.22 bits per heavy atom. The summed E-state index contributed by atoms with van der Waals surface area (Å²) >= 11 is 1.49. The summed E-state index contributed by atoms with van der Waals surface area (Å²) in [4.78, 5) is 23.9. The van der Waals surface area contributed by atoms with E-state index in [1.54, 1.807) is 6.20 Å². The van der Waals surface area contributed by atoms with Gasteiger partial charge in [0.2, 0.25) is 0 Å². The maximum Gasteiger partial charge on any atom is 0.272 e. The third-order valence-corrected chi connectivity index (χ3v) is 3.16. The summed E-state index contributed by atoms with van der Waals surface area (Å²) in [6.45, 7) is 1.86. The van der Waals surface area contributed by atoms with Gasteiger partial charge in [0.1, 0.15) is 10.7 Å². The van der Waals surface area contributed by atoms with Crippen molar-refractivity contribution in [3.05, 3.63) is 34.7 Å². The number of carbonyl (C=O) groups is 1. The van der Waals surface area contributed by atoms with E-state index in [0.717, 1.165) is 5.01 Å². The van der Waals surface area contributed by atoms with Crippen molar-refractivity contribution in [2.75, 3.05) is 5.43 Å². The van der Waals surface area contributed by atoms with Crippen LogP contribution in [0.1, 0.15) is 28.5 Å². The lowest BCUT2D eigenvalue weighted by Gasteiger charge is -2.10. The first kappa shape index (κ1) is 12.4. The van der Waals surface area contributed by atoms with Crippen LogP contribution in [0.2, 0.25) is 0 Å². The van der Waals surface area contributed by atoms with Crippen molar-refractivity contribution in [1.82, 2.24) is 20.3 Å². The molecule has 1 unspecified atom stereocenters. The van der Waals surface area contributed by atoms with E-state index in [0.29, 0.717) is 5.82 Å². The van der Waals surface area contributed by atoms with Crippen molar-refractivity contribution in [3.8, 4) is 0 Å². The molecule has 18 heavy (non-hydrogen) atoms. The number of rotatable bonds is 4. The van der Waals surface area contributed by atoms with Gasteiger partial charge in [0.15, 0.2) is 5.82 Å². The fraction of sp³-hybridized carbons (Fsp3) is 0.200. The first-order chi connectivity index (χ1) is 8.70. The normalized spacial score (nSPS) is 11.9. The highest BCUT2D eigenvalue weighted by Crippen LogP contribution is 2.15. The number of aromatic nitrogens is 3. The second kappa shape index (κ2) is 5.52. The van der Waals surface area contributed by atoms with Crippen LogP contribution in [0, 0.1) is 0 Å². The number of hydrazine groups is 1. The predicted molar refractivity (Wildman–Crippen MR) is 67.8 cm³/mol. The molecule has 0 aliphatic rings. The van der Waals surface area contributed by atoms with E-state index in [4.69, 9.17) is 5.84 Å². The summed E-state index contributed by atoms with van der Waals surface area (Å²) < 4.78 is 0. The molecule has 0 saturated carbocycles. The molecule has 0 aliphatic heterocycles. The molecule has 0 saturated heterocycles. The van der Waals surface area contributed by atoms with E-state index in [1.165, 1.54) is 23.7 Å². The summed E-state index contributed by atoms with van der Waals surface area (Å²) in [6.07, 6.45) is 4.45. The highest BCUT2D eigenvalue weighted by molar-refractivity contribution is 7.09. The standard InChI is InChI=1S/C10H12N6OS/c1-6(10-12-2-3-18-10)15-9(17)7-4-14-8(16-11)5-13-7/h2-6H,11H2,1H3,(H,14,16)(H,15,17). The van der Waals surface area contributed by atoms with Gasteiger partial charge in [0.05, 0.1) is 18.4 Å². The average Bonchev–Trinajstić information content (AvgIpc) is 2.92. The van der Waals surface area contributed by atoms with Crippen LogP contribution in [0.15, 0.2) is 24.0 Å². The molecule has 0 spiro atoms. The van der Waals surface area contributed by atoms with Crippen molar-refractivity contribution < 1.29 is 4.79 Å². The third kappa shape index (κ3) is 2.79. The molecule has 8 heteroatoms. The number of nitrogen functional groups attached to an aromatic ring is 1. The third-order valence-electron chi connectivity index (χ3n) is 2.20. The zero-order chi connectivity index (χ0) is 13.0. The Kier molecular flexibility index (Phi) is 3.80. The Morgan fingerprint density at radius 3 is 2.78 bits per heavy atom. The largest absolute Gasteiger partial charge is 0.342 e. The van der Waals surface area contributed by atoms with Crippen molar-refractivity contribution >= 4 is 23.1 Å². The highest BCUT2D eigenvalue weighted by atomic mass is 32.1. The van der Waals surface area contributed by atoms with Gasteiger partial charge in [-0.25, -0.2) is 20.8 Å². The zero-order valence-corrected chi connectivity index (χ0v) is 10.4. The Balaban J connectivity index is 2.03. The van der Waals surface area contributed by atoms with Crippen molar-refractivity contribution in [1.29, 1.82) is 0 Å². The first-order valence-electron chi connectivity index (χ1n) is 5.19. The number of anilines is 1. The van der Waals surface area contributed by atoms with Gasteiger partial charge in [-0.15, -0.1) is 11.3 Å². The molecule has 0 fully saturated rings. The van der Waals surface area contributed by atoms with E-state index in [-0.39, 0.29) is 17.6 Å². The van der Waals surface area contributed by atoms with Crippen LogP contribution < -0.4 is 16.6 Å². The van der Waals surface area contributed by atoms with Crippen LogP contribution in [-0.2, 0) is 0 Å². The van der Waals surface area contributed by atoms with Gasteiger partial charge in [-0.2, -0.15) is 0 Å². The molecule has 2 heterocycles. The number of nitrogens with two attached hydrogens (primary N) is 1. The minimum atomic E-state index is -0.297. The number of nitrogens with one attached hydrogen (secondary N) is 2. The molecular weight excluding hydrogens is 252 g/mol. The monoisotopic (exact) mass is 264 g/mol. The fourth-order valence-electron chi connectivity index (χ4n) is 1.30. The topological polar surface area (TPSA) is 106 Å². The maximum absolute atomic E-state index is 11.9. The van der Waals surface area contributed by atoms with E-state index in [1.807, 2.05) is 12.3 Å². The van der Waals surface area contributed by atoms with Crippen molar-refractivity contribution in [2.24, 2.45) is 5.84 Å². The predicted octanol–water partition coefficient (Wildman–Crippen LogP) is 0.710. The Labute approximate surface area is 107 Å². The molecule has 1 amide bonds. The second-order valence-corrected chi connectivity index (χ2v) is 4.42. The van der Waals surface area contributed by atoms with E-state index in [2.05, 4.69) is 25.7 Å². The molecule has 0 radical (unpaired) electrons. The quantitative estimate of drug-likeness (QED) is 0.554. The van der Waals surface area contributed by atoms with Crippen LogP contribution in [0.3, 0.4) is 0 Å². The molecule has 4 N–H and O–H groups in total. The van der Waals surface area contributed by atoms with Gasteiger partial charge < -0.3 is 10.7 Å². The molecule has 7 nitrogen and oxygen atoms in total. The number of amides is 1. The summed E-state index contributed by atoms with van der Waals surface area (Å²) in [7, 11) is 0. The molecule has 2 rings (SSSR count). The smallest absolute Gasteiger partial charge is 0.272 e. The number of hydrogen-bond acceptors (Lipinski definition) is 7. The van der Waals surface area contributed by atoms with E-state index >= 15 is 0 Å². The van der Waals surface area contributed by atoms with Crippen LogP contribution in [0.5, 0.6) is 0 Å². The first-order valence-corrected chi connectivity index (χ1v) is 6.07. The molecule has 0 aromatic carbocycles. The van der Waals surface area contributed by atoms with E-state index in [9.17, 15) is 4.79 Å². The molecule has 0 bridgehead atoms. The summed E-state index contributed by atoms with van der Waals surface area (Å²) in [5.41, 5.74) is 2.58.